The van der Waals surface area contributed by atoms with Crippen LogP contribution in [0.2, 0.25) is 0 Å². The highest BCUT2D eigenvalue weighted by Gasteiger charge is 2.12. The van der Waals surface area contributed by atoms with Gasteiger partial charge in [-0.25, -0.2) is 0 Å². The highest BCUT2D eigenvalue weighted by Crippen LogP contribution is 2.35. The fraction of sp³-hybridized carbons (Fsp3) is 0.0882. The van der Waals surface area contributed by atoms with Gasteiger partial charge in [0.1, 0.15) is 67.0 Å². The van der Waals surface area contributed by atoms with E-state index in [0.717, 1.165) is 72.5 Å². The van der Waals surface area contributed by atoms with Crippen molar-refractivity contribution in [3.05, 3.63) is 402 Å². The number of aromatic nitrogens is 1. The Morgan fingerprint density at radius 1 is 0.183 bits per heavy atom. The maximum atomic E-state index is 5.78. The van der Waals surface area contributed by atoms with Crippen LogP contribution in [0.25, 0.3) is 143 Å². The molecule has 0 saturated carbocycles. The molecule has 534 valence electrons. The Morgan fingerprint density at radius 3 is 0.982 bits per heavy atom. The van der Waals surface area contributed by atoms with Gasteiger partial charge in [-0.2, -0.15) is 0 Å². The van der Waals surface area contributed by atoms with Crippen LogP contribution in [0.1, 0.15) is 50.1 Å². The van der Waals surface area contributed by atoms with E-state index in [1.807, 2.05) is 182 Å². The van der Waals surface area contributed by atoms with Gasteiger partial charge in [-0.3, -0.25) is 4.98 Å². The second-order valence-corrected chi connectivity index (χ2v) is 27.4. The SMILES string of the molecule is Cc1ccc2c(c1)oc1ccccc12.Cc1ccc2c(c1)oc1ccccc12.Cc1ccc2ncccc2c1.Cc1ccc2oc3ccccc3c2c1.Cc1cccc2c1oc1ccccc12.Cc1cccc2c1oc1ccccc12.Cc1cccc2oc3ccccc3c12.Cc1ccccc1.Cc1ccccc1. The molecule has 7 heterocycles. The fourth-order valence-electron chi connectivity index (χ4n) is 13.5. The molecule has 7 heteroatoms. The Morgan fingerprint density at radius 2 is 0.505 bits per heavy atom. The predicted molar refractivity (Wildman–Crippen MR) is 460 cm³/mol. The topological polar surface area (TPSA) is 91.7 Å². The van der Waals surface area contributed by atoms with Gasteiger partial charge in [0.2, 0.25) is 0 Å². The van der Waals surface area contributed by atoms with E-state index in [1.54, 1.807) is 0 Å². The minimum Gasteiger partial charge on any atom is -0.456 e. The zero-order chi connectivity index (χ0) is 75.2. The number of rotatable bonds is 0. The van der Waals surface area contributed by atoms with Crippen LogP contribution in [-0.2, 0) is 0 Å². The second-order valence-electron chi connectivity index (χ2n) is 27.4. The molecule has 0 bridgehead atoms. The number of pyridine rings is 1. The van der Waals surface area contributed by atoms with Crippen LogP contribution >= 0.6 is 0 Å². The van der Waals surface area contributed by atoms with Crippen LogP contribution in [0.3, 0.4) is 0 Å². The van der Waals surface area contributed by atoms with Crippen LogP contribution in [-0.4, -0.2) is 4.98 Å². The number of nitrogens with zero attached hydrogens (tertiary/aromatic N) is 1. The first-order valence-electron chi connectivity index (χ1n) is 36.9. The van der Waals surface area contributed by atoms with Crippen LogP contribution < -0.4 is 0 Å². The monoisotopic (exact) mass is 1420 g/mol. The van der Waals surface area contributed by atoms with E-state index in [4.69, 9.17) is 26.5 Å². The molecule has 0 radical (unpaired) electrons. The third-order valence-corrected chi connectivity index (χ3v) is 19.1. The molecule has 7 nitrogen and oxygen atoms in total. The van der Waals surface area contributed by atoms with Crippen molar-refractivity contribution < 1.29 is 26.5 Å². The van der Waals surface area contributed by atoms with E-state index < -0.39 is 0 Å². The van der Waals surface area contributed by atoms with Gasteiger partial charge in [0.25, 0.3) is 0 Å². The van der Waals surface area contributed by atoms with Gasteiger partial charge < -0.3 is 26.5 Å². The first kappa shape index (κ1) is 72.5. The molecule has 0 aliphatic rings. The Balaban J connectivity index is 0.000000103. The maximum Gasteiger partial charge on any atom is 0.138 e. The number of furan rings is 6. The minimum atomic E-state index is 0.966. The summed E-state index contributed by atoms with van der Waals surface area (Å²) in [7, 11) is 0. The lowest BCUT2D eigenvalue weighted by atomic mass is 10.1. The highest BCUT2D eigenvalue weighted by atomic mass is 16.3. The van der Waals surface area contributed by atoms with E-state index in [9.17, 15) is 0 Å². The van der Waals surface area contributed by atoms with Gasteiger partial charge in [-0.15, -0.1) is 0 Å². The molecule has 0 saturated heterocycles. The fourth-order valence-corrected chi connectivity index (χ4v) is 13.5. The van der Waals surface area contributed by atoms with Crippen molar-refractivity contribution >= 4 is 143 Å². The lowest BCUT2D eigenvalue weighted by molar-refractivity contribution is 0.665. The third kappa shape index (κ3) is 17.1. The highest BCUT2D eigenvalue weighted by molar-refractivity contribution is 6.10. The summed E-state index contributed by atoms with van der Waals surface area (Å²) in [4.78, 5) is 4.22. The van der Waals surface area contributed by atoms with Gasteiger partial charge >= 0.3 is 0 Å². The van der Waals surface area contributed by atoms with Gasteiger partial charge in [0.05, 0.1) is 5.52 Å². The van der Waals surface area contributed by atoms with E-state index in [1.165, 1.54) is 120 Å². The molecule has 0 aliphatic heterocycles. The summed E-state index contributed by atoms with van der Waals surface area (Å²) >= 11 is 0. The Labute approximate surface area is 634 Å². The first-order chi connectivity index (χ1) is 53.3. The molecule has 0 N–H and O–H groups in total. The molecule has 15 aromatic carbocycles. The molecule has 0 atom stereocenters. The van der Waals surface area contributed by atoms with Crippen LogP contribution in [0.15, 0.2) is 378 Å². The Kier molecular flexibility index (Phi) is 22.4. The Hall–Kier alpha value is -13.5. The standard InChI is InChI=1S/6C13H10O.C10H9N.2C7H8/c2*1-9-5-4-7-11-10-6-2-3-8-12(10)14-13(9)11;1-9-5-4-8-12-13(9)10-6-2-3-7-11(10)14-12;1-9-6-7-13-11(8-9)10-4-2-3-5-12(10)14-13;2*1-9-6-7-11-10-4-2-3-5-12(10)14-13(11)8-9;1-8-4-5-10-9(7-8)3-2-6-11-10;2*1-7-5-3-2-4-6-7/h6*2-8H,1H3;2-7H,1H3;2*2-6H,1H3. The van der Waals surface area contributed by atoms with Crippen molar-refractivity contribution in [2.45, 2.75) is 62.3 Å². The molecule has 0 fully saturated rings. The molecule has 0 spiro atoms. The molecular weight excluding hydrogens is 1340 g/mol. The maximum absolute atomic E-state index is 5.78. The summed E-state index contributed by atoms with van der Waals surface area (Å²) in [5, 5.41) is 15.7. The van der Waals surface area contributed by atoms with Gasteiger partial charge in [-0.1, -0.05) is 283 Å². The molecule has 0 unspecified atom stereocenters. The molecule has 0 amide bonds. The summed E-state index contributed by atoms with van der Waals surface area (Å²) in [6, 6.07) is 117. The average molecular weight is 1420 g/mol. The average Bonchev–Trinajstić information content (AvgIpc) is 1.66. The van der Waals surface area contributed by atoms with Crippen molar-refractivity contribution in [1.29, 1.82) is 0 Å². The lowest BCUT2D eigenvalue weighted by Gasteiger charge is -1.95. The number of fused-ring (bicyclic) bond motifs is 19. The molecule has 22 rings (SSSR count). The molecule has 7 aromatic heterocycles. The number of hydrogen-bond acceptors (Lipinski definition) is 7. The summed E-state index contributed by atoms with van der Waals surface area (Å²) in [6.07, 6.45) is 1.82. The third-order valence-electron chi connectivity index (χ3n) is 19.1. The number of benzene rings is 15. The summed E-state index contributed by atoms with van der Waals surface area (Å²) in [5.74, 6) is 0. The van der Waals surface area contributed by atoms with Crippen molar-refractivity contribution in [3.8, 4) is 0 Å². The van der Waals surface area contributed by atoms with Gasteiger partial charge in [0.15, 0.2) is 0 Å². The van der Waals surface area contributed by atoms with Crippen molar-refractivity contribution in [1.82, 2.24) is 4.98 Å². The summed E-state index contributed by atoms with van der Waals surface area (Å²) in [5.41, 5.74) is 24.1. The second kappa shape index (κ2) is 33.7. The summed E-state index contributed by atoms with van der Waals surface area (Å²) in [6.45, 7) is 18.8. The van der Waals surface area contributed by atoms with E-state index in [2.05, 4.69) is 237 Å². The molecule has 109 heavy (non-hydrogen) atoms. The number of aryl methyl sites for hydroxylation is 9. The lowest BCUT2D eigenvalue weighted by Crippen LogP contribution is -1.77. The zero-order valence-corrected chi connectivity index (χ0v) is 62.9. The number of para-hydroxylation sites is 8. The van der Waals surface area contributed by atoms with Crippen molar-refractivity contribution in [2.75, 3.05) is 0 Å². The van der Waals surface area contributed by atoms with Crippen LogP contribution in [0.5, 0.6) is 0 Å². The quantitative estimate of drug-likeness (QED) is 0.149. The van der Waals surface area contributed by atoms with Crippen molar-refractivity contribution in [2.24, 2.45) is 0 Å². The largest absolute Gasteiger partial charge is 0.456 e. The normalized spacial score (nSPS) is 10.8. The first-order valence-corrected chi connectivity index (χ1v) is 36.9. The molecule has 22 aromatic rings. The molecular formula is C102H85NO6. The molecule has 0 aliphatic carbocycles. The smallest absolute Gasteiger partial charge is 0.138 e. The van der Waals surface area contributed by atoms with Gasteiger partial charge in [-0.05, 0) is 175 Å². The van der Waals surface area contributed by atoms with E-state index in [0.29, 0.717) is 0 Å². The predicted octanol–water partition coefficient (Wildman–Crippen LogP) is 29.9. The van der Waals surface area contributed by atoms with Crippen molar-refractivity contribution in [3.63, 3.8) is 0 Å². The Bertz CT molecular complexity index is 6510. The van der Waals surface area contributed by atoms with E-state index in [-0.39, 0.29) is 0 Å². The minimum absolute atomic E-state index is 0.966. The van der Waals surface area contributed by atoms with Gasteiger partial charge in [0, 0.05) is 76.2 Å². The van der Waals surface area contributed by atoms with Crippen LogP contribution in [0, 0.1) is 62.3 Å². The zero-order valence-electron chi connectivity index (χ0n) is 62.9. The van der Waals surface area contributed by atoms with E-state index >= 15 is 0 Å². The number of hydrogen-bond donors (Lipinski definition) is 0. The summed E-state index contributed by atoms with van der Waals surface area (Å²) < 4.78 is 34.5. The van der Waals surface area contributed by atoms with Crippen LogP contribution in [0.4, 0.5) is 0 Å².